The van der Waals surface area contributed by atoms with Crippen LogP contribution < -0.4 is 11.1 Å². The van der Waals surface area contributed by atoms with Crippen LogP contribution in [0.25, 0.3) is 16.2 Å². The predicted molar refractivity (Wildman–Crippen MR) is 123 cm³/mol. The lowest BCUT2D eigenvalue weighted by Crippen LogP contribution is -2.30. The largest absolute Gasteiger partial charge is 0.308 e. The lowest BCUT2D eigenvalue weighted by Gasteiger charge is -2.16. The van der Waals surface area contributed by atoms with Gasteiger partial charge in [0.15, 0.2) is 4.96 Å². The SMILES string of the molecule is O=c1ccc(S(=O)(=O)N2CCCC2)cn1Cc1cc(=O)n2c(-c3ccccc3)csc2n1. The van der Waals surface area contributed by atoms with E-state index in [0.29, 0.717) is 23.7 Å². The zero-order chi connectivity index (χ0) is 22.3. The molecule has 10 heteroatoms. The first-order chi connectivity index (χ1) is 15.4. The van der Waals surface area contributed by atoms with Gasteiger partial charge in [-0.2, -0.15) is 4.31 Å². The molecule has 1 saturated heterocycles. The molecule has 0 amide bonds. The maximum absolute atomic E-state index is 12.9. The minimum atomic E-state index is -3.65. The first-order valence-electron chi connectivity index (χ1n) is 10.2. The molecule has 0 spiro atoms. The smallest absolute Gasteiger partial charge is 0.259 e. The fraction of sp³-hybridized carbons (Fsp3) is 0.227. The van der Waals surface area contributed by atoms with Crippen LogP contribution in [0.15, 0.2) is 74.6 Å². The molecule has 164 valence electrons. The summed E-state index contributed by atoms with van der Waals surface area (Å²) in [6, 6.07) is 13.5. The molecule has 1 aromatic carbocycles. The monoisotopic (exact) mass is 468 g/mol. The Balaban J connectivity index is 1.51. The highest BCUT2D eigenvalue weighted by Gasteiger charge is 2.27. The van der Waals surface area contributed by atoms with Gasteiger partial charge in [0.1, 0.15) is 0 Å². The van der Waals surface area contributed by atoms with Crippen LogP contribution in [0, 0.1) is 0 Å². The molecule has 0 atom stereocenters. The lowest BCUT2D eigenvalue weighted by atomic mass is 10.2. The third kappa shape index (κ3) is 3.70. The van der Waals surface area contributed by atoms with Gasteiger partial charge in [0.05, 0.1) is 22.8 Å². The van der Waals surface area contributed by atoms with Crippen molar-refractivity contribution in [3.8, 4) is 11.3 Å². The molecular formula is C22H20N4O4S2. The Labute approximate surface area is 188 Å². The summed E-state index contributed by atoms with van der Waals surface area (Å²) in [5.74, 6) is 0. The number of hydrogen-bond acceptors (Lipinski definition) is 6. The first kappa shape index (κ1) is 20.8. The number of fused-ring (bicyclic) bond motifs is 1. The molecule has 0 saturated carbocycles. The molecule has 0 bridgehead atoms. The van der Waals surface area contributed by atoms with Crippen LogP contribution in [0.3, 0.4) is 0 Å². The number of nitrogens with zero attached hydrogens (tertiary/aromatic N) is 4. The summed E-state index contributed by atoms with van der Waals surface area (Å²) >= 11 is 1.34. The van der Waals surface area contributed by atoms with Gasteiger partial charge >= 0.3 is 0 Å². The molecule has 4 heterocycles. The summed E-state index contributed by atoms with van der Waals surface area (Å²) in [4.78, 5) is 30.4. The lowest BCUT2D eigenvalue weighted by molar-refractivity contribution is 0.476. The van der Waals surface area contributed by atoms with Gasteiger partial charge < -0.3 is 4.57 Å². The van der Waals surface area contributed by atoms with E-state index in [2.05, 4.69) is 4.98 Å². The van der Waals surface area contributed by atoms with Crippen molar-refractivity contribution in [3.05, 3.63) is 86.5 Å². The van der Waals surface area contributed by atoms with Gasteiger partial charge in [0.2, 0.25) is 10.0 Å². The summed E-state index contributed by atoms with van der Waals surface area (Å²) in [5.41, 5.74) is 1.45. The third-order valence-corrected chi connectivity index (χ3v) is 8.23. The van der Waals surface area contributed by atoms with E-state index < -0.39 is 10.0 Å². The Kier molecular flexibility index (Phi) is 5.28. The second-order valence-electron chi connectivity index (χ2n) is 7.63. The molecular weight excluding hydrogens is 448 g/mol. The Morgan fingerprint density at radius 3 is 2.47 bits per heavy atom. The van der Waals surface area contributed by atoms with Gasteiger partial charge in [-0.15, -0.1) is 11.3 Å². The fourth-order valence-electron chi connectivity index (χ4n) is 3.89. The van der Waals surface area contributed by atoms with Crippen LogP contribution in [-0.4, -0.2) is 39.8 Å². The summed E-state index contributed by atoms with van der Waals surface area (Å²) in [5, 5.41) is 1.87. The minimum Gasteiger partial charge on any atom is -0.308 e. The molecule has 1 aliphatic rings. The van der Waals surface area contributed by atoms with Gasteiger partial charge in [-0.1, -0.05) is 30.3 Å². The van der Waals surface area contributed by atoms with E-state index in [1.807, 2.05) is 35.7 Å². The van der Waals surface area contributed by atoms with Crippen molar-refractivity contribution in [1.29, 1.82) is 0 Å². The summed E-state index contributed by atoms with van der Waals surface area (Å²) in [7, 11) is -3.65. The highest BCUT2D eigenvalue weighted by atomic mass is 32.2. The highest BCUT2D eigenvalue weighted by Crippen LogP contribution is 2.24. The number of benzene rings is 1. The molecule has 0 aliphatic carbocycles. The van der Waals surface area contributed by atoms with Crippen molar-refractivity contribution in [2.45, 2.75) is 24.3 Å². The van der Waals surface area contributed by atoms with E-state index in [0.717, 1.165) is 24.1 Å². The molecule has 8 nitrogen and oxygen atoms in total. The fourth-order valence-corrected chi connectivity index (χ4v) is 6.35. The van der Waals surface area contributed by atoms with Gasteiger partial charge in [0, 0.05) is 36.8 Å². The van der Waals surface area contributed by atoms with Gasteiger partial charge in [0.25, 0.3) is 11.1 Å². The van der Waals surface area contributed by atoms with Crippen LogP contribution in [-0.2, 0) is 16.6 Å². The van der Waals surface area contributed by atoms with Crippen LogP contribution in [0.1, 0.15) is 18.5 Å². The molecule has 32 heavy (non-hydrogen) atoms. The van der Waals surface area contributed by atoms with E-state index >= 15 is 0 Å². The Hall–Kier alpha value is -3.08. The molecule has 4 aromatic rings. The maximum Gasteiger partial charge on any atom is 0.259 e. The molecule has 0 radical (unpaired) electrons. The second kappa shape index (κ2) is 8.12. The Bertz CT molecular complexity index is 1520. The van der Waals surface area contributed by atoms with Crippen molar-refractivity contribution in [3.63, 3.8) is 0 Å². The summed E-state index contributed by atoms with van der Waals surface area (Å²) in [6.07, 6.45) is 3.00. The van der Waals surface area contributed by atoms with Gasteiger partial charge in [-0.05, 0) is 24.5 Å². The maximum atomic E-state index is 12.9. The van der Waals surface area contributed by atoms with Crippen molar-refractivity contribution >= 4 is 26.3 Å². The quantitative estimate of drug-likeness (QED) is 0.448. The molecule has 1 fully saturated rings. The normalized spacial score (nSPS) is 14.9. The van der Waals surface area contributed by atoms with Crippen LogP contribution in [0.4, 0.5) is 0 Å². The highest BCUT2D eigenvalue weighted by molar-refractivity contribution is 7.89. The summed E-state index contributed by atoms with van der Waals surface area (Å²) < 4.78 is 30.0. The number of thiazole rings is 1. The number of hydrogen-bond donors (Lipinski definition) is 0. The topological polar surface area (TPSA) is 93.8 Å². The van der Waals surface area contributed by atoms with Gasteiger partial charge in [-0.3, -0.25) is 14.0 Å². The van der Waals surface area contributed by atoms with E-state index in [1.54, 1.807) is 4.40 Å². The van der Waals surface area contributed by atoms with Crippen molar-refractivity contribution in [2.75, 3.05) is 13.1 Å². The van der Waals surface area contributed by atoms with E-state index in [-0.39, 0.29) is 22.6 Å². The molecule has 1 aliphatic heterocycles. The zero-order valence-electron chi connectivity index (χ0n) is 17.0. The Morgan fingerprint density at radius 2 is 1.72 bits per heavy atom. The van der Waals surface area contributed by atoms with Crippen LogP contribution in [0.5, 0.6) is 0 Å². The number of pyridine rings is 1. The average Bonchev–Trinajstić information content (AvgIpc) is 3.47. The molecule has 0 unspecified atom stereocenters. The standard InChI is InChI=1S/C22H20N4O4S2/c27-20-9-8-18(32(29,30)25-10-4-5-11-25)14-24(20)13-17-12-21(28)26-19(15-31-22(26)23-17)16-6-2-1-3-7-16/h1-3,6-9,12,14-15H,4-5,10-11,13H2. The third-order valence-electron chi connectivity index (χ3n) is 5.52. The minimum absolute atomic E-state index is 0.00645. The molecule has 5 rings (SSSR count). The number of sulfonamides is 1. The van der Waals surface area contributed by atoms with E-state index in [4.69, 9.17) is 0 Å². The average molecular weight is 469 g/mol. The first-order valence-corrected chi connectivity index (χ1v) is 12.5. The van der Waals surface area contributed by atoms with Crippen molar-refractivity contribution < 1.29 is 8.42 Å². The van der Waals surface area contributed by atoms with Crippen molar-refractivity contribution in [1.82, 2.24) is 18.3 Å². The number of rotatable bonds is 5. The van der Waals surface area contributed by atoms with E-state index in [1.165, 1.54) is 44.6 Å². The summed E-state index contributed by atoms with van der Waals surface area (Å²) in [6.45, 7) is 0.976. The number of aromatic nitrogens is 3. The van der Waals surface area contributed by atoms with Crippen LogP contribution in [0.2, 0.25) is 0 Å². The van der Waals surface area contributed by atoms with Crippen LogP contribution >= 0.6 is 11.3 Å². The van der Waals surface area contributed by atoms with E-state index in [9.17, 15) is 18.0 Å². The Morgan fingerprint density at radius 1 is 0.969 bits per heavy atom. The molecule has 3 aromatic heterocycles. The van der Waals surface area contributed by atoms with Gasteiger partial charge in [-0.25, -0.2) is 13.4 Å². The molecule has 0 N–H and O–H groups in total. The predicted octanol–water partition coefficient (Wildman–Crippen LogP) is 2.42. The van der Waals surface area contributed by atoms with Crippen molar-refractivity contribution in [2.24, 2.45) is 0 Å². The zero-order valence-corrected chi connectivity index (χ0v) is 18.7. The second-order valence-corrected chi connectivity index (χ2v) is 10.4.